The molecule has 3 rings (SSSR count). The van der Waals surface area contributed by atoms with Gasteiger partial charge in [0.1, 0.15) is 17.1 Å². The average Bonchev–Trinajstić information content (AvgIpc) is 2.86. The minimum absolute atomic E-state index is 0.0381. The fraction of sp³-hybridized carbons (Fsp3) is 0.400. The zero-order chi connectivity index (χ0) is 15.0. The number of hydrogen-bond donors (Lipinski definition) is 1. The lowest BCUT2D eigenvalue weighted by Crippen LogP contribution is -2.64. The van der Waals surface area contributed by atoms with E-state index in [1.807, 2.05) is 31.2 Å². The van der Waals surface area contributed by atoms with Crippen LogP contribution in [0.2, 0.25) is 0 Å². The molecule has 1 saturated heterocycles. The van der Waals surface area contributed by atoms with Crippen LogP contribution in [0.4, 0.5) is 0 Å². The molecule has 2 heterocycles. The Morgan fingerprint density at radius 2 is 2.14 bits per heavy atom. The van der Waals surface area contributed by atoms with E-state index in [1.54, 1.807) is 23.2 Å². The molecule has 1 fully saturated rings. The molecular formula is C15H17N3O2S. The molecule has 1 aliphatic rings. The van der Waals surface area contributed by atoms with E-state index in [0.717, 1.165) is 15.2 Å². The summed E-state index contributed by atoms with van der Waals surface area (Å²) in [7, 11) is 0. The first kappa shape index (κ1) is 14.0. The maximum absolute atomic E-state index is 12.5. The molecule has 1 aromatic heterocycles. The van der Waals surface area contributed by atoms with E-state index in [4.69, 9.17) is 0 Å². The van der Waals surface area contributed by atoms with Gasteiger partial charge in [0.15, 0.2) is 0 Å². The first-order chi connectivity index (χ1) is 10.0. The van der Waals surface area contributed by atoms with Gasteiger partial charge >= 0.3 is 0 Å². The lowest BCUT2D eigenvalue weighted by molar-refractivity contribution is -0.149. The number of amides is 2. The number of benzene rings is 1. The number of nitrogens with one attached hydrogen (secondary N) is 1. The van der Waals surface area contributed by atoms with Crippen LogP contribution in [0.15, 0.2) is 24.3 Å². The van der Waals surface area contributed by atoms with Crippen molar-refractivity contribution in [2.24, 2.45) is 0 Å². The fourth-order valence-electron chi connectivity index (χ4n) is 2.51. The smallest absolute Gasteiger partial charge is 0.248 e. The summed E-state index contributed by atoms with van der Waals surface area (Å²) in [5.74, 6) is -0.149. The molecule has 1 N–H and O–H groups in total. The molecule has 2 aromatic rings. The Morgan fingerprint density at radius 3 is 2.86 bits per heavy atom. The molecule has 2 amide bonds. The van der Waals surface area contributed by atoms with E-state index >= 15 is 0 Å². The van der Waals surface area contributed by atoms with Gasteiger partial charge in [-0.2, -0.15) is 0 Å². The van der Waals surface area contributed by atoms with Gasteiger partial charge in [-0.3, -0.25) is 9.59 Å². The molecule has 21 heavy (non-hydrogen) atoms. The van der Waals surface area contributed by atoms with Crippen molar-refractivity contribution in [2.75, 3.05) is 6.54 Å². The Morgan fingerprint density at radius 1 is 1.38 bits per heavy atom. The van der Waals surface area contributed by atoms with Crippen molar-refractivity contribution in [2.45, 2.75) is 32.4 Å². The SMILES string of the molecule is CCC1(C)NC(=O)CN(Cc2nc3ccccc3s2)C1=O. The Bertz CT molecular complexity index is 679. The van der Waals surface area contributed by atoms with Crippen LogP contribution in [0, 0.1) is 0 Å². The molecule has 0 aliphatic carbocycles. The van der Waals surface area contributed by atoms with Gasteiger partial charge in [-0.1, -0.05) is 19.1 Å². The minimum atomic E-state index is -0.800. The van der Waals surface area contributed by atoms with Crippen LogP contribution in [0.3, 0.4) is 0 Å². The van der Waals surface area contributed by atoms with Crippen LogP contribution in [0.1, 0.15) is 25.3 Å². The third-order valence-corrected chi connectivity index (χ3v) is 4.90. The summed E-state index contributed by atoms with van der Waals surface area (Å²) in [6.07, 6.45) is 0.577. The van der Waals surface area contributed by atoms with Crippen LogP contribution in [0.5, 0.6) is 0 Å². The first-order valence-electron chi connectivity index (χ1n) is 6.96. The predicted octanol–water partition coefficient (Wildman–Crippen LogP) is 1.92. The molecule has 5 nitrogen and oxygen atoms in total. The van der Waals surface area contributed by atoms with Crippen LogP contribution in [-0.2, 0) is 16.1 Å². The zero-order valence-corrected chi connectivity index (χ0v) is 12.9. The van der Waals surface area contributed by atoms with Gasteiger partial charge in [-0.25, -0.2) is 4.98 Å². The van der Waals surface area contributed by atoms with Gasteiger partial charge in [0.2, 0.25) is 11.8 Å². The molecule has 1 atom stereocenters. The van der Waals surface area contributed by atoms with Crippen molar-refractivity contribution < 1.29 is 9.59 Å². The standard InChI is InChI=1S/C15H17N3O2S/c1-3-15(2)14(20)18(8-12(19)17-15)9-13-16-10-6-4-5-7-11(10)21-13/h4-7H,3,8-9H2,1-2H3,(H,17,19). The van der Waals surface area contributed by atoms with Crippen molar-refractivity contribution in [1.29, 1.82) is 0 Å². The van der Waals surface area contributed by atoms with Crippen molar-refractivity contribution in [3.05, 3.63) is 29.3 Å². The molecular weight excluding hydrogens is 286 g/mol. The van der Waals surface area contributed by atoms with Gasteiger partial charge in [0.05, 0.1) is 16.8 Å². The van der Waals surface area contributed by atoms with Crippen LogP contribution in [-0.4, -0.2) is 33.8 Å². The maximum atomic E-state index is 12.5. The van der Waals surface area contributed by atoms with E-state index in [0.29, 0.717) is 13.0 Å². The normalized spacial score (nSPS) is 22.7. The fourth-order valence-corrected chi connectivity index (χ4v) is 3.50. The average molecular weight is 303 g/mol. The van der Waals surface area contributed by atoms with Crippen LogP contribution >= 0.6 is 11.3 Å². The molecule has 110 valence electrons. The number of aromatic nitrogens is 1. The third-order valence-electron chi connectivity index (χ3n) is 3.88. The van der Waals surface area contributed by atoms with E-state index in [2.05, 4.69) is 10.3 Å². The summed E-state index contributed by atoms with van der Waals surface area (Å²) in [6.45, 7) is 4.17. The summed E-state index contributed by atoms with van der Waals surface area (Å²) in [4.78, 5) is 30.5. The number of nitrogens with zero attached hydrogens (tertiary/aromatic N) is 2. The van der Waals surface area contributed by atoms with Gasteiger partial charge in [-0.05, 0) is 25.5 Å². The second kappa shape index (κ2) is 5.11. The number of hydrogen-bond acceptors (Lipinski definition) is 4. The summed E-state index contributed by atoms with van der Waals surface area (Å²) in [5, 5.41) is 3.65. The Labute approximate surface area is 127 Å². The molecule has 0 bridgehead atoms. The van der Waals surface area contributed by atoms with Crippen LogP contribution < -0.4 is 5.32 Å². The van der Waals surface area contributed by atoms with Crippen molar-refractivity contribution >= 4 is 33.4 Å². The van der Waals surface area contributed by atoms with Crippen molar-refractivity contribution in [3.8, 4) is 0 Å². The number of para-hydroxylation sites is 1. The number of carbonyl (C=O) groups is 2. The number of thiazole rings is 1. The number of rotatable bonds is 3. The van der Waals surface area contributed by atoms with Crippen LogP contribution in [0.25, 0.3) is 10.2 Å². The molecule has 0 radical (unpaired) electrons. The molecule has 0 spiro atoms. The zero-order valence-electron chi connectivity index (χ0n) is 12.0. The highest BCUT2D eigenvalue weighted by Crippen LogP contribution is 2.25. The predicted molar refractivity (Wildman–Crippen MR) is 81.9 cm³/mol. The highest BCUT2D eigenvalue weighted by atomic mass is 32.1. The highest BCUT2D eigenvalue weighted by Gasteiger charge is 2.41. The van der Waals surface area contributed by atoms with Gasteiger partial charge in [0, 0.05) is 0 Å². The quantitative estimate of drug-likeness (QED) is 0.942. The van der Waals surface area contributed by atoms with Crippen molar-refractivity contribution in [1.82, 2.24) is 15.2 Å². The lowest BCUT2D eigenvalue weighted by atomic mass is 9.94. The topological polar surface area (TPSA) is 62.3 Å². The monoisotopic (exact) mass is 303 g/mol. The van der Waals surface area contributed by atoms with Gasteiger partial charge in [0.25, 0.3) is 0 Å². The Balaban J connectivity index is 1.86. The Hall–Kier alpha value is -1.95. The third kappa shape index (κ3) is 2.51. The molecule has 6 heteroatoms. The highest BCUT2D eigenvalue weighted by molar-refractivity contribution is 7.18. The van der Waals surface area contributed by atoms with E-state index in [1.165, 1.54) is 0 Å². The minimum Gasteiger partial charge on any atom is -0.340 e. The summed E-state index contributed by atoms with van der Waals surface area (Å²) in [5.41, 5.74) is 0.135. The van der Waals surface area contributed by atoms with Gasteiger partial charge < -0.3 is 10.2 Å². The van der Waals surface area contributed by atoms with E-state index in [-0.39, 0.29) is 18.4 Å². The number of piperazine rings is 1. The molecule has 1 aliphatic heterocycles. The molecule has 0 saturated carbocycles. The van der Waals surface area contributed by atoms with Gasteiger partial charge in [-0.15, -0.1) is 11.3 Å². The first-order valence-corrected chi connectivity index (χ1v) is 7.78. The largest absolute Gasteiger partial charge is 0.340 e. The summed E-state index contributed by atoms with van der Waals surface area (Å²) < 4.78 is 1.10. The number of fused-ring (bicyclic) bond motifs is 1. The van der Waals surface area contributed by atoms with E-state index < -0.39 is 5.54 Å². The second-order valence-electron chi connectivity index (χ2n) is 5.47. The lowest BCUT2D eigenvalue weighted by Gasteiger charge is -2.38. The summed E-state index contributed by atoms with van der Waals surface area (Å²) >= 11 is 1.57. The molecule has 1 unspecified atom stereocenters. The Kier molecular flexibility index (Phi) is 3.41. The van der Waals surface area contributed by atoms with Crippen molar-refractivity contribution in [3.63, 3.8) is 0 Å². The molecule has 1 aromatic carbocycles. The number of carbonyl (C=O) groups excluding carboxylic acids is 2. The van der Waals surface area contributed by atoms with E-state index in [9.17, 15) is 9.59 Å². The summed E-state index contributed by atoms with van der Waals surface area (Å²) in [6, 6.07) is 7.88. The maximum Gasteiger partial charge on any atom is 0.248 e. The second-order valence-corrected chi connectivity index (χ2v) is 6.59.